The van der Waals surface area contributed by atoms with Crippen molar-refractivity contribution in [3.63, 3.8) is 0 Å². The van der Waals surface area contributed by atoms with Crippen molar-refractivity contribution < 1.29 is 0 Å². The van der Waals surface area contributed by atoms with Crippen LogP contribution in [0.4, 0.5) is 5.69 Å². The lowest BCUT2D eigenvalue weighted by atomic mass is 10.1. The highest BCUT2D eigenvalue weighted by Crippen LogP contribution is 2.27. The van der Waals surface area contributed by atoms with Crippen molar-refractivity contribution in [3.05, 3.63) is 28.8 Å². The molecule has 0 aliphatic heterocycles. The molecule has 0 aromatic heterocycles. The molecule has 1 aromatic carbocycles. The molecule has 0 saturated heterocycles. The summed E-state index contributed by atoms with van der Waals surface area (Å²) in [7, 11) is 0. The van der Waals surface area contributed by atoms with Crippen molar-refractivity contribution in [2.45, 2.75) is 58.5 Å². The topological polar surface area (TPSA) is 29.3 Å². The summed E-state index contributed by atoms with van der Waals surface area (Å²) in [6, 6.07) is 6.63. The van der Waals surface area contributed by atoms with Crippen LogP contribution < -0.4 is 5.73 Å². The summed E-state index contributed by atoms with van der Waals surface area (Å²) >= 11 is 5.99. The fraction of sp³-hybridized carbons (Fsp3) is 0.647. The predicted octanol–water partition coefficient (Wildman–Crippen LogP) is 4.71. The standard InChI is InChI=1S/C17H27ClN2/c1-13(2)9-10-20(16-5-3-4-6-16)12-14-7-8-15(18)11-17(14)19/h7-8,11,13,16H,3-6,9-10,12,19H2,1-2H3. The molecule has 0 unspecified atom stereocenters. The highest BCUT2D eigenvalue weighted by atomic mass is 35.5. The molecule has 3 heteroatoms. The van der Waals surface area contributed by atoms with Crippen LogP contribution in [0, 0.1) is 5.92 Å². The second kappa shape index (κ2) is 7.33. The Morgan fingerprint density at radius 1 is 1.30 bits per heavy atom. The number of benzene rings is 1. The van der Waals surface area contributed by atoms with Crippen LogP contribution in [0.5, 0.6) is 0 Å². The summed E-state index contributed by atoms with van der Waals surface area (Å²) in [6.45, 7) is 6.72. The van der Waals surface area contributed by atoms with E-state index in [0.717, 1.165) is 29.2 Å². The predicted molar refractivity (Wildman–Crippen MR) is 88.0 cm³/mol. The normalized spacial score (nSPS) is 16.4. The first-order valence-corrected chi connectivity index (χ1v) is 8.22. The molecule has 1 saturated carbocycles. The Morgan fingerprint density at radius 3 is 2.60 bits per heavy atom. The maximum absolute atomic E-state index is 6.11. The van der Waals surface area contributed by atoms with Gasteiger partial charge in [-0.2, -0.15) is 0 Å². The van der Waals surface area contributed by atoms with Crippen LogP contribution in [0.2, 0.25) is 5.02 Å². The van der Waals surface area contributed by atoms with Crippen LogP contribution in [0.1, 0.15) is 51.5 Å². The molecule has 1 fully saturated rings. The molecule has 0 bridgehead atoms. The average Bonchev–Trinajstić information content (AvgIpc) is 2.90. The summed E-state index contributed by atoms with van der Waals surface area (Å²) in [5.74, 6) is 0.751. The first kappa shape index (κ1) is 15.7. The number of anilines is 1. The molecule has 0 radical (unpaired) electrons. The van der Waals surface area contributed by atoms with E-state index in [9.17, 15) is 0 Å². The maximum atomic E-state index is 6.11. The lowest BCUT2D eigenvalue weighted by molar-refractivity contribution is 0.180. The van der Waals surface area contributed by atoms with Gasteiger partial charge < -0.3 is 5.73 Å². The van der Waals surface area contributed by atoms with Crippen LogP contribution in [-0.4, -0.2) is 17.5 Å². The summed E-state index contributed by atoms with van der Waals surface area (Å²) in [4.78, 5) is 2.63. The summed E-state index contributed by atoms with van der Waals surface area (Å²) < 4.78 is 0. The van der Waals surface area contributed by atoms with Gasteiger partial charge in [-0.3, -0.25) is 4.90 Å². The molecule has 20 heavy (non-hydrogen) atoms. The van der Waals surface area contributed by atoms with E-state index < -0.39 is 0 Å². The van der Waals surface area contributed by atoms with E-state index in [-0.39, 0.29) is 0 Å². The van der Waals surface area contributed by atoms with E-state index in [1.165, 1.54) is 44.2 Å². The number of hydrogen-bond acceptors (Lipinski definition) is 2. The molecular weight excluding hydrogens is 268 g/mol. The first-order chi connectivity index (χ1) is 9.56. The Hall–Kier alpha value is -0.730. The Morgan fingerprint density at radius 2 is 2.00 bits per heavy atom. The SMILES string of the molecule is CC(C)CCN(Cc1ccc(Cl)cc1N)C1CCCC1. The van der Waals surface area contributed by atoms with Crippen molar-refractivity contribution in [3.8, 4) is 0 Å². The second-order valence-electron chi connectivity index (χ2n) is 6.43. The van der Waals surface area contributed by atoms with E-state index in [4.69, 9.17) is 17.3 Å². The van der Waals surface area contributed by atoms with Crippen molar-refractivity contribution in [2.75, 3.05) is 12.3 Å². The minimum atomic E-state index is 0.723. The Labute approximate surface area is 128 Å². The second-order valence-corrected chi connectivity index (χ2v) is 6.87. The van der Waals surface area contributed by atoms with E-state index in [0.29, 0.717) is 0 Å². The number of rotatable bonds is 6. The van der Waals surface area contributed by atoms with Crippen molar-refractivity contribution in [1.82, 2.24) is 4.90 Å². The Kier molecular flexibility index (Phi) is 5.74. The minimum Gasteiger partial charge on any atom is -0.398 e. The fourth-order valence-corrected chi connectivity index (χ4v) is 3.19. The van der Waals surface area contributed by atoms with Crippen molar-refractivity contribution in [1.29, 1.82) is 0 Å². The molecule has 2 rings (SSSR count). The third-order valence-corrected chi connectivity index (χ3v) is 4.55. The molecule has 112 valence electrons. The van der Waals surface area contributed by atoms with Gasteiger partial charge in [0.1, 0.15) is 0 Å². The van der Waals surface area contributed by atoms with E-state index in [2.05, 4.69) is 24.8 Å². The zero-order valence-corrected chi connectivity index (χ0v) is 13.5. The molecular formula is C17H27ClN2. The van der Waals surface area contributed by atoms with Gasteiger partial charge in [-0.05, 0) is 49.4 Å². The molecule has 1 aliphatic rings. The number of nitrogens with two attached hydrogens (primary N) is 1. The smallest absolute Gasteiger partial charge is 0.0426 e. The molecule has 1 aliphatic carbocycles. The molecule has 0 atom stereocenters. The maximum Gasteiger partial charge on any atom is 0.0426 e. The number of hydrogen-bond donors (Lipinski definition) is 1. The Balaban J connectivity index is 2.05. The average molecular weight is 295 g/mol. The van der Waals surface area contributed by atoms with E-state index in [1.54, 1.807) is 0 Å². The number of nitrogens with zero attached hydrogens (tertiary/aromatic N) is 1. The fourth-order valence-electron chi connectivity index (χ4n) is 3.01. The lowest BCUT2D eigenvalue weighted by Crippen LogP contribution is -2.34. The van der Waals surface area contributed by atoms with E-state index >= 15 is 0 Å². The van der Waals surface area contributed by atoms with Gasteiger partial charge >= 0.3 is 0 Å². The van der Waals surface area contributed by atoms with Crippen LogP contribution >= 0.6 is 11.6 Å². The monoisotopic (exact) mass is 294 g/mol. The summed E-state index contributed by atoms with van der Waals surface area (Å²) in [5.41, 5.74) is 8.15. The lowest BCUT2D eigenvalue weighted by Gasteiger charge is -2.30. The third kappa shape index (κ3) is 4.39. The van der Waals surface area contributed by atoms with Gasteiger partial charge in [0.2, 0.25) is 0 Å². The number of halogens is 1. The van der Waals surface area contributed by atoms with Gasteiger partial charge in [0.25, 0.3) is 0 Å². The van der Waals surface area contributed by atoms with Crippen molar-refractivity contribution >= 4 is 17.3 Å². The number of nitrogen functional groups attached to an aromatic ring is 1. The molecule has 0 amide bonds. The molecule has 2 nitrogen and oxygen atoms in total. The van der Waals surface area contributed by atoms with Gasteiger partial charge in [-0.25, -0.2) is 0 Å². The first-order valence-electron chi connectivity index (χ1n) is 7.84. The van der Waals surface area contributed by atoms with Crippen molar-refractivity contribution in [2.24, 2.45) is 5.92 Å². The highest BCUT2D eigenvalue weighted by Gasteiger charge is 2.23. The summed E-state index contributed by atoms with van der Waals surface area (Å²) in [5, 5.41) is 0.723. The van der Waals surface area contributed by atoms with Gasteiger partial charge in [0.15, 0.2) is 0 Å². The highest BCUT2D eigenvalue weighted by molar-refractivity contribution is 6.30. The van der Waals surface area contributed by atoms with Gasteiger partial charge in [0, 0.05) is 23.3 Å². The summed E-state index contributed by atoms with van der Waals surface area (Å²) in [6.07, 6.45) is 6.68. The van der Waals surface area contributed by atoms with Gasteiger partial charge in [-0.1, -0.05) is 44.4 Å². The van der Waals surface area contributed by atoms with Gasteiger partial charge in [-0.15, -0.1) is 0 Å². The van der Waals surface area contributed by atoms with Crippen LogP contribution in [0.3, 0.4) is 0 Å². The molecule has 0 spiro atoms. The van der Waals surface area contributed by atoms with Crippen LogP contribution in [-0.2, 0) is 6.54 Å². The van der Waals surface area contributed by atoms with Gasteiger partial charge in [0.05, 0.1) is 0 Å². The zero-order chi connectivity index (χ0) is 14.5. The Bertz CT molecular complexity index is 425. The molecule has 1 aromatic rings. The molecule has 2 N–H and O–H groups in total. The van der Waals surface area contributed by atoms with E-state index in [1.807, 2.05) is 12.1 Å². The minimum absolute atomic E-state index is 0.723. The third-order valence-electron chi connectivity index (χ3n) is 4.32. The quantitative estimate of drug-likeness (QED) is 0.770. The zero-order valence-electron chi connectivity index (χ0n) is 12.7. The molecule has 0 heterocycles. The van der Waals surface area contributed by atoms with Crippen LogP contribution in [0.15, 0.2) is 18.2 Å². The largest absolute Gasteiger partial charge is 0.398 e. The van der Waals surface area contributed by atoms with Crippen LogP contribution in [0.25, 0.3) is 0 Å².